The minimum atomic E-state index is -0.432. The highest BCUT2D eigenvalue weighted by atomic mass is 16.6. The Morgan fingerprint density at radius 2 is 1.63 bits per heavy atom. The van der Waals surface area contributed by atoms with Gasteiger partial charge >= 0.3 is 0 Å². The summed E-state index contributed by atoms with van der Waals surface area (Å²) in [6.07, 6.45) is 0.357. The Labute approximate surface area is 113 Å². The number of carbonyl (C=O) groups is 1. The van der Waals surface area contributed by atoms with Gasteiger partial charge in [0.2, 0.25) is 0 Å². The van der Waals surface area contributed by atoms with E-state index in [1.807, 2.05) is 0 Å². The van der Waals surface area contributed by atoms with E-state index in [1.54, 1.807) is 12.1 Å². The summed E-state index contributed by atoms with van der Waals surface area (Å²) in [5.41, 5.74) is 0.993. The molecule has 0 amide bonds. The molecule has 19 heavy (non-hydrogen) atoms. The fourth-order valence-electron chi connectivity index (χ4n) is 3.04. The van der Waals surface area contributed by atoms with Crippen LogP contribution in [0.3, 0.4) is 0 Å². The zero-order valence-electron chi connectivity index (χ0n) is 11.8. The van der Waals surface area contributed by atoms with Crippen molar-refractivity contribution in [2.24, 2.45) is 16.7 Å². The van der Waals surface area contributed by atoms with E-state index in [4.69, 9.17) is 0 Å². The van der Waals surface area contributed by atoms with Gasteiger partial charge in [0.1, 0.15) is 5.78 Å². The summed E-state index contributed by atoms with van der Waals surface area (Å²) < 4.78 is 0. The third-order valence-electron chi connectivity index (χ3n) is 4.87. The predicted octanol–water partition coefficient (Wildman–Crippen LogP) is 3.39. The second kappa shape index (κ2) is 4.15. The molecule has 0 radical (unpaired) electrons. The van der Waals surface area contributed by atoms with E-state index in [9.17, 15) is 14.9 Å². The maximum absolute atomic E-state index is 12.3. The van der Waals surface area contributed by atoms with Gasteiger partial charge in [-0.2, -0.15) is 0 Å². The van der Waals surface area contributed by atoms with Crippen LogP contribution in [0.25, 0.3) is 0 Å². The molecule has 4 nitrogen and oxygen atoms in total. The maximum atomic E-state index is 12.3. The van der Waals surface area contributed by atoms with E-state index in [-0.39, 0.29) is 28.2 Å². The van der Waals surface area contributed by atoms with Crippen molar-refractivity contribution in [1.82, 2.24) is 0 Å². The average molecular weight is 261 g/mol. The standard InChI is InChI=1S/C15H19NO3/c1-14(2)13(15(14,3)4)12(17)9-10-5-7-11(8-6-10)16(18)19/h5-8,13H,9H2,1-4H3. The number of non-ortho nitro benzene ring substituents is 1. The van der Waals surface area contributed by atoms with Crippen molar-refractivity contribution in [3.63, 3.8) is 0 Å². The monoisotopic (exact) mass is 261 g/mol. The lowest BCUT2D eigenvalue weighted by Crippen LogP contribution is -2.10. The molecule has 0 bridgehead atoms. The van der Waals surface area contributed by atoms with Gasteiger partial charge in [-0.05, 0) is 16.4 Å². The van der Waals surface area contributed by atoms with Gasteiger partial charge in [-0.25, -0.2) is 0 Å². The lowest BCUT2D eigenvalue weighted by Gasteiger charge is -2.03. The van der Waals surface area contributed by atoms with Crippen molar-refractivity contribution in [3.8, 4) is 0 Å². The van der Waals surface area contributed by atoms with E-state index in [0.29, 0.717) is 6.42 Å². The third-order valence-corrected chi connectivity index (χ3v) is 4.87. The topological polar surface area (TPSA) is 60.2 Å². The third kappa shape index (κ3) is 2.15. The number of carbonyl (C=O) groups excluding carboxylic acids is 1. The molecular formula is C15H19NO3. The summed E-state index contributed by atoms with van der Waals surface area (Å²) in [5.74, 6) is 0.305. The van der Waals surface area contributed by atoms with Crippen LogP contribution >= 0.6 is 0 Å². The lowest BCUT2D eigenvalue weighted by molar-refractivity contribution is -0.384. The molecule has 0 N–H and O–H groups in total. The summed E-state index contributed by atoms with van der Waals surface area (Å²) in [4.78, 5) is 22.4. The Bertz CT molecular complexity index is 515. The Balaban J connectivity index is 2.07. The van der Waals surface area contributed by atoms with Crippen LogP contribution in [0.5, 0.6) is 0 Å². The fourth-order valence-corrected chi connectivity index (χ4v) is 3.04. The Kier molecular flexibility index (Phi) is 3.00. The molecule has 1 fully saturated rings. The van der Waals surface area contributed by atoms with E-state index in [1.165, 1.54) is 12.1 Å². The number of ketones is 1. The van der Waals surface area contributed by atoms with Crippen LogP contribution in [0.2, 0.25) is 0 Å². The number of rotatable bonds is 4. The van der Waals surface area contributed by atoms with E-state index >= 15 is 0 Å². The minimum Gasteiger partial charge on any atom is -0.299 e. The molecule has 2 rings (SSSR count). The van der Waals surface area contributed by atoms with Crippen LogP contribution in [0.4, 0.5) is 5.69 Å². The molecule has 0 saturated heterocycles. The van der Waals surface area contributed by atoms with Crippen LogP contribution in [0.15, 0.2) is 24.3 Å². The molecule has 0 aliphatic heterocycles. The molecule has 1 aromatic carbocycles. The van der Waals surface area contributed by atoms with Gasteiger partial charge in [-0.15, -0.1) is 0 Å². The smallest absolute Gasteiger partial charge is 0.269 e. The maximum Gasteiger partial charge on any atom is 0.269 e. The molecule has 4 heteroatoms. The first kappa shape index (κ1) is 13.7. The number of hydrogen-bond acceptors (Lipinski definition) is 3. The van der Waals surface area contributed by atoms with Crippen LogP contribution in [-0.4, -0.2) is 10.7 Å². The zero-order chi connectivity index (χ0) is 14.4. The van der Waals surface area contributed by atoms with E-state index in [2.05, 4.69) is 27.7 Å². The molecule has 0 heterocycles. The minimum absolute atomic E-state index is 0.0465. The molecule has 1 aromatic rings. The van der Waals surface area contributed by atoms with Gasteiger partial charge in [-0.1, -0.05) is 39.8 Å². The van der Waals surface area contributed by atoms with Gasteiger partial charge < -0.3 is 0 Å². The highest BCUT2D eigenvalue weighted by Crippen LogP contribution is 2.68. The Morgan fingerprint density at radius 1 is 1.16 bits per heavy atom. The summed E-state index contributed by atoms with van der Waals surface area (Å²) in [7, 11) is 0. The fraction of sp³-hybridized carbons (Fsp3) is 0.533. The lowest BCUT2D eigenvalue weighted by atomic mass is 10.0. The molecule has 0 unspecified atom stereocenters. The van der Waals surface area contributed by atoms with Crippen LogP contribution in [0, 0.1) is 26.9 Å². The van der Waals surface area contributed by atoms with Gasteiger partial charge in [0, 0.05) is 24.5 Å². The van der Waals surface area contributed by atoms with Crippen LogP contribution < -0.4 is 0 Å². The molecular weight excluding hydrogens is 242 g/mol. The highest BCUT2D eigenvalue weighted by molar-refractivity contribution is 5.88. The summed E-state index contributed by atoms with van der Waals surface area (Å²) in [6, 6.07) is 6.23. The van der Waals surface area contributed by atoms with E-state index in [0.717, 1.165) is 5.56 Å². The van der Waals surface area contributed by atoms with Gasteiger partial charge in [0.15, 0.2) is 0 Å². The highest BCUT2D eigenvalue weighted by Gasteiger charge is 2.67. The van der Waals surface area contributed by atoms with Crippen molar-refractivity contribution < 1.29 is 9.72 Å². The van der Waals surface area contributed by atoms with Crippen LogP contribution in [0.1, 0.15) is 33.3 Å². The number of nitro benzene ring substituents is 1. The predicted molar refractivity (Wildman–Crippen MR) is 72.9 cm³/mol. The first-order chi connectivity index (χ1) is 8.68. The molecule has 1 aliphatic rings. The molecule has 102 valence electrons. The molecule has 0 spiro atoms. The number of Topliss-reactive ketones (excluding diaryl/α,β-unsaturated/α-hetero) is 1. The summed E-state index contributed by atoms with van der Waals surface area (Å²) in [6.45, 7) is 8.47. The number of hydrogen-bond donors (Lipinski definition) is 0. The van der Waals surface area contributed by atoms with Crippen molar-refractivity contribution >= 4 is 11.5 Å². The second-order valence-electron chi connectivity index (χ2n) is 6.44. The zero-order valence-corrected chi connectivity index (χ0v) is 11.8. The molecule has 0 aromatic heterocycles. The van der Waals surface area contributed by atoms with Crippen molar-refractivity contribution in [1.29, 1.82) is 0 Å². The Morgan fingerprint density at radius 3 is 2.00 bits per heavy atom. The molecule has 0 atom stereocenters. The summed E-state index contributed by atoms with van der Waals surface area (Å²) >= 11 is 0. The van der Waals surface area contributed by atoms with Gasteiger partial charge in [0.05, 0.1) is 4.92 Å². The van der Waals surface area contributed by atoms with Gasteiger partial charge in [0.25, 0.3) is 5.69 Å². The molecule has 1 saturated carbocycles. The van der Waals surface area contributed by atoms with Crippen LogP contribution in [-0.2, 0) is 11.2 Å². The van der Waals surface area contributed by atoms with E-state index < -0.39 is 4.92 Å². The quantitative estimate of drug-likeness (QED) is 0.616. The first-order valence-corrected chi connectivity index (χ1v) is 6.44. The van der Waals surface area contributed by atoms with Crippen molar-refractivity contribution in [2.45, 2.75) is 34.1 Å². The first-order valence-electron chi connectivity index (χ1n) is 6.44. The molecule has 1 aliphatic carbocycles. The SMILES string of the molecule is CC1(C)C(C(=O)Cc2ccc([N+](=O)[O-])cc2)C1(C)C. The largest absolute Gasteiger partial charge is 0.299 e. The number of nitro groups is 1. The summed E-state index contributed by atoms with van der Waals surface area (Å²) in [5, 5.41) is 10.6. The number of benzene rings is 1. The van der Waals surface area contributed by atoms with Crippen molar-refractivity contribution in [2.75, 3.05) is 0 Å². The average Bonchev–Trinajstić information content (AvgIpc) is 2.69. The van der Waals surface area contributed by atoms with Gasteiger partial charge in [-0.3, -0.25) is 14.9 Å². The number of nitrogens with zero attached hydrogens (tertiary/aromatic N) is 1. The normalized spacial score (nSPS) is 20.0. The second-order valence-corrected chi connectivity index (χ2v) is 6.44. The Hall–Kier alpha value is -1.71. The van der Waals surface area contributed by atoms with Crippen molar-refractivity contribution in [3.05, 3.63) is 39.9 Å².